The van der Waals surface area contributed by atoms with Crippen molar-refractivity contribution in [1.82, 2.24) is 15.0 Å². The van der Waals surface area contributed by atoms with Gasteiger partial charge in [0.05, 0.1) is 5.69 Å². The summed E-state index contributed by atoms with van der Waals surface area (Å²) in [5, 5.41) is 25.0. The van der Waals surface area contributed by atoms with Gasteiger partial charge in [-0.2, -0.15) is 0 Å². The molecular formula is C11H17N3O4. The molecule has 1 aromatic rings. The standard InChI is InChI=1S/C11H17N3O4/c1-2-3-5-8-10(11(17)18)12-13-14(8)7-4-6-9(15)16/h2-7H2,1H3,(H,15,16)(H,17,18). The van der Waals surface area contributed by atoms with Gasteiger partial charge < -0.3 is 10.2 Å². The fourth-order valence-corrected chi connectivity index (χ4v) is 1.65. The van der Waals surface area contributed by atoms with Crippen LogP contribution in [0.2, 0.25) is 0 Å². The fraction of sp³-hybridized carbons (Fsp3) is 0.636. The van der Waals surface area contributed by atoms with Crippen molar-refractivity contribution in [1.29, 1.82) is 0 Å². The predicted molar refractivity (Wildman–Crippen MR) is 62.5 cm³/mol. The molecule has 0 radical (unpaired) electrons. The van der Waals surface area contributed by atoms with E-state index >= 15 is 0 Å². The van der Waals surface area contributed by atoms with Crippen LogP contribution in [0.15, 0.2) is 0 Å². The maximum absolute atomic E-state index is 11.0. The van der Waals surface area contributed by atoms with Crippen LogP contribution in [0, 0.1) is 0 Å². The van der Waals surface area contributed by atoms with E-state index in [9.17, 15) is 9.59 Å². The third-order valence-electron chi connectivity index (χ3n) is 2.57. The Hall–Kier alpha value is -1.92. The largest absolute Gasteiger partial charge is 0.481 e. The van der Waals surface area contributed by atoms with E-state index in [0.717, 1.165) is 12.8 Å². The first kappa shape index (κ1) is 14.1. The van der Waals surface area contributed by atoms with Crippen LogP contribution in [0.3, 0.4) is 0 Å². The third kappa shape index (κ3) is 3.83. The van der Waals surface area contributed by atoms with Crippen molar-refractivity contribution < 1.29 is 19.8 Å². The first-order valence-corrected chi connectivity index (χ1v) is 5.93. The highest BCUT2D eigenvalue weighted by Crippen LogP contribution is 2.11. The number of carbonyl (C=O) groups is 2. The smallest absolute Gasteiger partial charge is 0.358 e. The van der Waals surface area contributed by atoms with Crippen LogP contribution < -0.4 is 0 Å². The Morgan fingerprint density at radius 1 is 1.28 bits per heavy atom. The summed E-state index contributed by atoms with van der Waals surface area (Å²) in [5.41, 5.74) is 0.550. The predicted octanol–water partition coefficient (Wildman–Crippen LogP) is 1.18. The van der Waals surface area contributed by atoms with Crippen LogP contribution in [0.1, 0.15) is 48.8 Å². The topological polar surface area (TPSA) is 105 Å². The number of carboxylic acids is 2. The lowest BCUT2D eigenvalue weighted by Crippen LogP contribution is -2.10. The molecule has 7 heteroatoms. The second-order valence-corrected chi connectivity index (χ2v) is 4.01. The lowest BCUT2D eigenvalue weighted by molar-refractivity contribution is -0.137. The van der Waals surface area contributed by atoms with Gasteiger partial charge in [-0.25, -0.2) is 9.48 Å². The maximum Gasteiger partial charge on any atom is 0.358 e. The number of unbranched alkanes of at least 4 members (excludes halogenated alkanes) is 1. The fourth-order valence-electron chi connectivity index (χ4n) is 1.65. The molecule has 0 saturated carbocycles. The number of aryl methyl sites for hydroxylation is 1. The minimum atomic E-state index is -1.09. The molecule has 2 N–H and O–H groups in total. The number of aromatic nitrogens is 3. The molecule has 0 bridgehead atoms. The lowest BCUT2D eigenvalue weighted by atomic mass is 10.1. The van der Waals surface area contributed by atoms with Gasteiger partial charge in [0, 0.05) is 13.0 Å². The molecular weight excluding hydrogens is 238 g/mol. The van der Waals surface area contributed by atoms with Gasteiger partial charge in [0.15, 0.2) is 5.69 Å². The van der Waals surface area contributed by atoms with Gasteiger partial charge in [0.2, 0.25) is 0 Å². The van der Waals surface area contributed by atoms with Crippen molar-refractivity contribution in [3.05, 3.63) is 11.4 Å². The van der Waals surface area contributed by atoms with E-state index in [1.807, 2.05) is 6.92 Å². The second-order valence-electron chi connectivity index (χ2n) is 4.01. The normalized spacial score (nSPS) is 10.5. The Balaban J connectivity index is 2.76. The zero-order chi connectivity index (χ0) is 13.5. The number of aromatic carboxylic acids is 1. The Morgan fingerprint density at radius 3 is 2.56 bits per heavy atom. The van der Waals surface area contributed by atoms with Crippen LogP contribution in [-0.4, -0.2) is 37.1 Å². The summed E-state index contributed by atoms with van der Waals surface area (Å²) in [6.45, 7) is 2.39. The Labute approximate surface area is 104 Å². The Morgan fingerprint density at radius 2 is 2.00 bits per heavy atom. The van der Waals surface area contributed by atoms with Gasteiger partial charge in [0.25, 0.3) is 0 Å². The Bertz CT molecular complexity index is 428. The molecule has 0 saturated heterocycles. The van der Waals surface area contributed by atoms with Crippen LogP contribution >= 0.6 is 0 Å². The quantitative estimate of drug-likeness (QED) is 0.722. The zero-order valence-corrected chi connectivity index (χ0v) is 10.3. The van der Waals surface area contributed by atoms with Gasteiger partial charge in [-0.1, -0.05) is 18.6 Å². The second kappa shape index (κ2) is 6.73. The molecule has 7 nitrogen and oxygen atoms in total. The SMILES string of the molecule is CCCCc1c(C(=O)O)nnn1CCCC(=O)O. The molecule has 0 aliphatic rings. The molecule has 1 rings (SSSR count). The monoisotopic (exact) mass is 255 g/mol. The van der Waals surface area contributed by atoms with E-state index in [4.69, 9.17) is 10.2 Å². The van der Waals surface area contributed by atoms with E-state index in [1.54, 1.807) is 0 Å². The summed E-state index contributed by atoms with van der Waals surface area (Å²) in [4.78, 5) is 21.4. The molecule has 0 aliphatic carbocycles. The summed E-state index contributed by atoms with van der Waals surface area (Å²) in [7, 11) is 0. The number of aliphatic carboxylic acids is 1. The van der Waals surface area contributed by atoms with Crippen LogP contribution in [0.5, 0.6) is 0 Å². The van der Waals surface area contributed by atoms with Crippen molar-refractivity contribution in [2.75, 3.05) is 0 Å². The molecule has 0 aliphatic heterocycles. The number of carboxylic acid groups (broad SMARTS) is 2. The summed E-state index contributed by atoms with van der Waals surface area (Å²) in [6, 6.07) is 0. The van der Waals surface area contributed by atoms with E-state index in [1.165, 1.54) is 4.68 Å². The molecule has 1 heterocycles. The van der Waals surface area contributed by atoms with E-state index in [2.05, 4.69) is 10.3 Å². The molecule has 0 spiro atoms. The van der Waals surface area contributed by atoms with Crippen LogP contribution in [0.4, 0.5) is 0 Å². The van der Waals surface area contributed by atoms with Gasteiger partial charge in [-0.05, 0) is 19.3 Å². The average Bonchev–Trinajstić information content (AvgIpc) is 2.69. The summed E-state index contributed by atoms with van der Waals surface area (Å²) in [6.07, 6.45) is 2.84. The number of rotatable bonds is 8. The molecule has 0 atom stereocenters. The van der Waals surface area contributed by atoms with E-state index < -0.39 is 11.9 Å². The summed E-state index contributed by atoms with van der Waals surface area (Å²) >= 11 is 0. The molecule has 0 aromatic carbocycles. The van der Waals surface area contributed by atoms with Crippen LogP contribution in [-0.2, 0) is 17.8 Å². The summed E-state index contributed by atoms with van der Waals surface area (Å²) < 4.78 is 1.50. The minimum Gasteiger partial charge on any atom is -0.481 e. The van der Waals surface area contributed by atoms with E-state index in [-0.39, 0.29) is 12.1 Å². The van der Waals surface area contributed by atoms with Crippen molar-refractivity contribution in [3.8, 4) is 0 Å². The van der Waals surface area contributed by atoms with E-state index in [0.29, 0.717) is 25.1 Å². The number of nitrogens with zero attached hydrogens (tertiary/aromatic N) is 3. The number of hydrogen-bond donors (Lipinski definition) is 2. The molecule has 100 valence electrons. The average molecular weight is 255 g/mol. The highest BCUT2D eigenvalue weighted by molar-refractivity contribution is 5.86. The molecule has 1 aromatic heterocycles. The van der Waals surface area contributed by atoms with Gasteiger partial charge in [-0.15, -0.1) is 5.10 Å². The van der Waals surface area contributed by atoms with Crippen LogP contribution in [0.25, 0.3) is 0 Å². The van der Waals surface area contributed by atoms with Gasteiger partial charge in [-0.3, -0.25) is 4.79 Å². The van der Waals surface area contributed by atoms with Gasteiger partial charge >= 0.3 is 11.9 Å². The number of hydrogen-bond acceptors (Lipinski definition) is 4. The molecule has 0 unspecified atom stereocenters. The van der Waals surface area contributed by atoms with Crippen molar-refractivity contribution in [3.63, 3.8) is 0 Å². The molecule has 0 amide bonds. The highest BCUT2D eigenvalue weighted by Gasteiger charge is 2.18. The third-order valence-corrected chi connectivity index (χ3v) is 2.57. The summed E-state index contributed by atoms with van der Waals surface area (Å²) in [5.74, 6) is -1.96. The van der Waals surface area contributed by atoms with Gasteiger partial charge in [0.1, 0.15) is 0 Å². The maximum atomic E-state index is 11.0. The first-order valence-electron chi connectivity index (χ1n) is 5.93. The first-order chi connectivity index (χ1) is 8.56. The van der Waals surface area contributed by atoms with Crippen molar-refractivity contribution in [2.24, 2.45) is 0 Å². The van der Waals surface area contributed by atoms with Crippen molar-refractivity contribution >= 4 is 11.9 Å². The minimum absolute atomic E-state index is 0.0289. The zero-order valence-electron chi connectivity index (χ0n) is 10.3. The lowest BCUT2D eigenvalue weighted by Gasteiger charge is -2.05. The Kier molecular flexibility index (Phi) is 5.29. The van der Waals surface area contributed by atoms with Crippen molar-refractivity contribution in [2.45, 2.75) is 45.6 Å². The molecule has 0 fully saturated rings. The highest BCUT2D eigenvalue weighted by atomic mass is 16.4. The molecule has 18 heavy (non-hydrogen) atoms.